The van der Waals surface area contributed by atoms with Crippen molar-refractivity contribution in [3.05, 3.63) is 95.0 Å². The minimum absolute atomic E-state index is 0.0821. The summed E-state index contributed by atoms with van der Waals surface area (Å²) in [6, 6.07) is 22.0. The molecule has 10 heteroatoms. The van der Waals surface area contributed by atoms with Gasteiger partial charge in [-0.05, 0) is 69.5 Å². The van der Waals surface area contributed by atoms with Crippen LogP contribution in [0.2, 0.25) is 0 Å². The van der Waals surface area contributed by atoms with Gasteiger partial charge in [0.25, 0.3) is 0 Å². The first-order valence-electron chi connectivity index (χ1n) is 15.2. The van der Waals surface area contributed by atoms with E-state index in [0.29, 0.717) is 13.2 Å². The van der Waals surface area contributed by atoms with Crippen molar-refractivity contribution in [3.63, 3.8) is 0 Å². The molecule has 0 bridgehead atoms. The molecule has 1 N–H and O–H groups in total. The van der Waals surface area contributed by atoms with E-state index in [0.717, 1.165) is 32.7 Å². The van der Waals surface area contributed by atoms with E-state index in [4.69, 9.17) is 18.9 Å². The monoisotopic (exact) mass is 633 g/mol. The summed E-state index contributed by atoms with van der Waals surface area (Å²) in [4.78, 5) is 33.8. The third-order valence-corrected chi connectivity index (χ3v) is 7.58. The summed E-state index contributed by atoms with van der Waals surface area (Å²) < 4.78 is 24.2. The van der Waals surface area contributed by atoms with Crippen LogP contribution in [-0.2, 0) is 38.6 Å². The van der Waals surface area contributed by atoms with Gasteiger partial charge in [-0.15, -0.1) is 11.3 Å². The quantitative estimate of drug-likeness (QED) is 0.145. The molecule has 1 aromatic heterocycles. The zero-order chi connectivity index (χ0) is 32.2. The minimum Gasteiger partial charge on any atom is -0.488 e. The highest BCUT2D eigenvalue weighted by Crippen LogP contribution is 2.24. The predicted molar refractivity (Wildman–Crippen MR) is 176 cm³/mol. The summed E-state index contributed by atoms with van der Waals surface area (Å²) >= 11 is 1.54. The topological polar surface area (TPSA) is 99.2 Å². The molecule has 0 saturated carbocycles. The first-order valence-corrected chi connectivity index (χ1v) is 16.1. The average Bonchev–Trinajstić information content (AvgIpc) is 3.50. The molecular formula is C35H43N3O6S. The van der Waals surface area contributed by atoms with Crippen molar-refractivity contribution in [1.82, 2.24) is 15.2 Å². The molecule has 0 saturated heterocycles. The highest BCUT2D eigenvalue weighted by Gasteiger charge is 2.30. The van der Waals surface area contributed by atoms with Crippen molar-refractivity contribution in [2.75, 3.05) is 19.8 Å². The second kappa shape index (κ2) is 16.4. The molecule has 3 aromatic carbocycles. The Morgan fingerprint density at radius 1 is 0.911 bits per heavy atom. The fourth-order valence-corrected chi connectivity index (χ4v) is 5.55. The number of carbonyl (C=O) groups excluding carboxylic acids is 2. The van der Waals surface area contributed by atoms with E-state index in [-0.39, 0.29) is 37.6 Å². The molecule has 9 nitrogen and oxygen atoms in total. The van der Waals surface area contributed by atoms with E-state index in [1.54, 1.807) is 21.7 Å². The largest absolute Gasteiger partial charge is 0.488 e. The minimum atomic E-state index is -0.929. The Balaban J connectivity index is 1.61. The van der Waals surface area contributed by atoms with Crippen LogP contribution in [0.3, 0.4) is 0 Å². The molecule has 0 spiro atoms. The molecule has 2 amide bonds. The van der Waals surface area contributed by atoms with E-state index >= 15 is 0 Å². The SMILES string of the molecule is CCOC(CN(Cc1cccc2scnc12)C(=O)C(Cc1ccc(OC(C)(C)C)cc1)NC(=O)OCc1ccccc1)OCC. The molecule has 45 heavy (non-hydrogen) atoms. The Hall–Kier alpha value is -3.99. The van der Waals surface area contributed by atoms with E-state index in [1.807, 2.05) is 107 Å². The van der Waals surface area contributed by atoms with Crippen LogP contribution < -0.4 is 10.1 Å². The zero-order valence-electron chi connectivity index (χ0n) is 26.7. The molecule has 4 rings (SSSR count). The van der Waals surface area contributed by atoms with Gasteiger partial charge in [-0.3, -0.25) is 4.79 Å². The number of para-hydroxylation sites is 1. The third-order valence-electron chi connectivity index (χ3n) is 6.78. The summed E-state index contributed by atoms with van der Waals surface area (Å²) in [7, 11) is 0. The molecule has 240 valence electrons. The molecule has 1 heterocycles. The van der Waals surface area contributed by atoms with Gasteiger partial charge in [0.05, 0.1) is 22.3 Å². The summed E-state index contributed by atoms with van der Waals surface area (Å²) in [6.45, 7) is 11.1. The number of benzene rings is 3. The zero-order valence-corrected chi connectivity index (χ0v) is 27.5. The summed E-state index contributed by atoms with van der Waals surface area (Å²) in [5.41, 5.74) is 4.88. The lowest BCUT2D eigenvalue weighted by Gasteiger charge is -2.31. The molecule has 0 aliphatic heterocycles. The van der Waals surface area contributed by atoms with Crippen LogP contribution in [0.15, 0.2) is 78.3 Å². The number of carbonyl (C=O) groups is 2. The number of nitrogens with one attached hydrogen (secondary N) is 1. The smallest absolute Gasteiger partial charge is 0.408 e. The lowest BCUT2D eigenvalue weighted by molar-refractivity contribution is -0.160. The lowest BCUT2D eigenvalue weighted by Crippen LogP contribution is -2.51. The van der Waals surface area contributed by atoms with Gasteiger partial charge in [0.2, 0.25) is 5.91 Å². The van der Waals surface area contributed by atoms with Gasteiger partial charge >= 0.3 is 6.09 Å². The highest BCUT2D eigenvalue weighted by atomic mass is 32.1. The third kappa shape index (κ3) is 10.6. The van der Waals surface area contributed by atoms with Crippen molar-refractivity contribution in [1.29, 1.82) is 0 Å². The van der Waals surface area contributed by atoms with Crippen molar-refractivity contribution in [2.45, 2.75) is 72.1 Å². The normalized spacial score (nSPS) is 12.2. The lowest BCUT2D eigenvalue weighted by atomic mass is 10.0. The number of amides is 2. The second-order valence-corrected chi connectivity index (χ2v) is 12.4. The Morgan fingerprint density at radius 3 is 2.29 bits per heavy atom. The van der Waals surface area contributed by atoms with Gasteiger partial charge in [-0.2, -0.15) is 0 Å². The van der Waals surface area contributed by atoms with Crippen molar-refractivity contribution >= 4 is 33.6 Å². The molecule has 0 aliphatic carbocycles. The Morgan fingerprint density at radius 2 is 1.62 bits per heavy atom. The first-order chi connectivity index (χ1) is 21.6. The van der Waals surface area contributed by atoms with Crippen LogP contribution in [0.25, 0.3) is 10.2 Å². The predicted octanol–water partition coefficient (Wildman–Crippen LogP) is 6.74. The van der Waals surface area contributed by atoms with Crippen LogP contribution in [0.4, 0.5) is 4.79 Å². The Bertz CT molecular complexity index is 1500. The molecule has 1 unspecified atom stereocenters. The fourth-order valence-electron chi connectivity index (χ4n) is 4.83. The fraction of sp³-hybridized carbons (Fsp3) is 0.400. The maximum absolute atomic E-state index is 14.4. The van der Waals surface area contributed by atoms with Crippen molar-refractivity contribution in [3.8, 4) is 5.75 Å². The van der Waals surface area contributed by atoms with Gasteiger partial charge in [-0.1, -0.05) is 54.6 Å². The number of nitrogens with zero attached hydrogens (tertiary/aromatic N) is 2. The highest BCUT2D eigenvalue weighted by molar-refractivity contribution is 7.16. The average molecular weight is 634 g/mol. The number of alkyl carbamates (subject to hydrolysis) is 1. The molecule has 0 aliphatic rings. The maximum Gasteiger partial charge on any atom is 0.408 e. The van der Waals surface area contributed by atoms with E-state index in [9.17, 15) is 9.59 Å². The van der Waals surface area contributed by atoms with Gasteiger partial charge in [0.15, 0.2) is 6.29 Å². The van der Waals surface area contributed by atoms with Gasteiger partial charge in [-0.25, -0.2) is 9.78 Å². The van der Waals surface area contributed by atoms with E-state index in [1.165, 1.54) is 0 Å². The van der Waals surface area contributed by atoms with E-state index < -0.39 is 18.4 Å². The Kier molecular flexibility index (Phi) is 12.3. The standard InChI is InChI=1S/C35H43N3O6S/c1-6-41-31(42-7-2)22-38(21-27-14-11-15-30-32(27)36-24-45-30)33(39)29(37-34(40)43-23-26-12-9-8-10-13-26)20-25-16-18-28(19-17-25)44-35(3,4)5/h8-19,24,29,31H,6-7,20-23H2,1-5H3,(H,37,40). The number of ether oxygens (including phenoxy) is 4. The van der Waals surface area contributed by atoms with Crippen LogP contribution in [0.5, 0.6) is 5.75 Å². The molecule has 0 radical (unpaired) electrons. The van der Waals surface area contributed by atoms with Crippen molar-refractivity contribution in [2.24, 2.45) is 0 Å². The van der Waals surface area contributed by atoms with Crippen LogP contribution in [0, 0.1) is 0 Å². The number of fused-ring (bicyclic) bond motifs is 1. The number of hydrogen-bond donors (Lipinski definition) is 1. The summed E-state index contributed by atoms with van der Waals surface area (Å²) in [6.07, 6.45) is -1.09. The number of rotatable bonds is 15. The van der Waals surface area contributed by atoms with Crippen molar-refractivity contribution < 1.29 is 28.5 Å². The number of thiazole rings is 1. The summed E-state index contributed by atoms with van der Waals surface area (Å²) in [5, 5.41) is 2.85. The van der Waals surface area contributed by atoms with Gasteiger partial charge in [0.1, 0.15) is 24.0 Å². The van der Waals surface area contributed by atoms with Crippen LogP contribution >= 0.6 is 11.3 Å². The van der Waals surface area contributed by atoms with E-state index in [2.05, 4.69) is 10.3 Å². The van der Waals surface area contributed by atoms with Gasteiger partial charge < -0.3 is 29.2 Å². The molecule has 4 aromatic rings. The number of hydrogen-bond acceptors (Lipinski definition) is 8. The first kappa shape index (κ1) is 33.9. The summed E-state index contributed by atoms with van der Waals surface area (Å²) in [5.74, 6) is 0.428. The van der Waals surface area contributed by atoms with Crippen LogP contribution in [-0.4, -0.2) is 59.6 Å². The molecule has 0 fully saturated rings. The Labute approximate surface area is 269 Å². The number of aromatic nitrogens is 1. The van der Waals surface area contributed by atoms with Gasteiger partial charge in [0, 0.05) is 26.2 Å². The second-order valence-electron chi connectivity index (χ2n) is 11.5. The maximum atomic E-state index is 14.4. The molecule has 1 atom stereocenters. The van der Waals surface area contributed by atoms with Crippen LogP contribution in [0.1, 0.15) is 51.3 Å². The molecular weight excluding hydrogens is 590 g/mol.